The molecule has 156 valence electrons. The van der Waals surface area contributed by atoms with Crippen LogP contribution in [-0.4, -0.2) is 40.6 Å². The van der Waals surface area contributed by atoms with Crippen molar-refractivity contribution in [3.05, 3.63) is 65.0 Å². The molecule has 30 heavy (non-hydrogen) atoms. The van der Waals surface area contributed by atoms with Crippen molar-refractivity contribution in [3.63, 3.8) is 0 Å². The molecule has 1 amide bonds. The zero-order valence-electron chi connectivity index (χ0n) is 15.9. The second kappa shape index (κ2) is 8.89. The van der Waals surface area contributed by atoms with Crippen LogP contribution in [0.25, 0.3) is 11.5 Å². The monoisotopic (exact) mass is 432 g/mol. The Kier molecular flexibility index (Phi) is 6.06. The number of carbonyl (C=O) groups excluding carboxylic acids is 1. The highest BCUT2D eigenvalue weighted by Crippen LogP contribution is 2.29. The Morgan fingerprint density at radius 1 is 1.13 bits per heavy atom. The van der Waals surface area contributed by atoms with Crippen molar-refractivity contribution >= 4 is 23.2 Å². The molecule has 0 aliphatic carbocycles. The quantitative estimate of drug-likeness (QED) is 0.643. The molecule has 4 rings (SSSR count). The van der Waals surface area contributed by atoms with E-state index in [9.17, 15) is 13.6 Å². The van der Waals surface area contributed by atoms with E-state index in [4.69, 9.17) is 16.0 Å². The molecule has 1 aromatic heterocycles. The molecule has 9 heteroatoms. The standard InChI is InChI=1S/C21H19ClF2N4O2/c22-17-11-16(5-6-18(17)24)25-19(29)12-28-9-7-14(8-10-28)21-27-26-20(30-21)13-1-3-15(23)4-2-13/h1-6,11,14H,7-10,12H2,(H,25,29). The summed E-state index contributed by atoms with van der Waals surface area (Å²) < 4.78 is 32.1. The first-order valence-corrected chi connectivity index (χ1v) is 9.92. The van der Waals surface area contributed by atoms with E-state index in [1.54, 1.807) is 12.1 Å². The van der Waals surface area contributed by atoms with Gasteiger partial charge < -0.3 is 9.73 Å². The molecule has 0 unspecified atom stereocenters. The van der Waals surface area contributed by atoms with E-state index >= 15 is 0 Å². The Labute approximate surface area is 176 Å². The van der Waals surface area contributed by atoms with Gasteiger partial charge in [0, 0.05) is 17.2 Å². The zero-order chi connectivity index (χ0) is 21.1. The summed E-state index contributed by atoms with van der Waals surface area (Å²) >= 11 is 5.74. The lowest BCUT2D eigenvalue weighted by Gasteiger charge is -2.29. The fraction of sp³-hybridized carbons (Fsp3) is 0.286. The number of hydrogen-bond acceptors (Lipinski definition) is 5. The number of amides is 1. The number of anilines is 1. The fourth-order valence-electron chi connectivity index (χ4n) is 3.42. The average molecular weight is 433 g/mol. The largest absolute Gasteiger partial charge is 0.420 e. The maximum absolute atomic E-state index is 13.2. The van der Waals surface area contributed by atoms with Crippen LogP contribution in [0.15, 0.2) is 46.9 Å². The number of hydrogen-bond donors (Lipinski definition) is 1. The van der Waals surface area contributed by atoms with E-state index in [2.05, 4.69) is 15.5 Å². The van der Waals surface area contributed by atoms with Crippen molar-refractivity contribution in [1.82, 2.24) is 15.1 Å². The molecule has 1 aliphatic heterocycles. The third-order valence-corrected chi connectivity index (χ3v) is 5.33. The molecule has 2 aromatic carbocycles. The Balaban J connectivity index is 1.29. The molecule has 0 atom stereocenters. The van der Waals surface area contributed by atoms with Crippen LogP contribution in [0, 0.1) is 11.6 Å². The number of aromatic nitrogens is 2. The summed E-state index contributed by atoms with van der Waals surface area (Å²) in [5, 5.41) is 10.9. The summed E-state index contributed by atoms with van der Waals surface area (Å²) in [5.74, 6) is -0.00338. The molecular formula is C21H19ClF2N4O2. The van der Waals surface area contributed by atoms with E-state index in [0.717, 1.165) is 12.8 Å². The number of rotatable bonds is 5. The average Bonchev–Trinajstić information content (AvgIpc) is 3.22. The normalized spacial score (nSPS) is 15.3. The van der Waals surface area contributed by atoms with Crippen LogP contribution in [-0.2, 0) is 4.79 Å². The lowest BCUT2D eigenvalue weighted by Crippen LogP contribution is -2.38. The van der Waals surface area contributed by atoms with Gasteiger partial charge in [0.25, 0.3) is 0 Å². The molecule has 1 saturated heterocycles. The highest BCUT2D eigenvalue weighted by molar-refractivity contribution is 6.31. The third-order valence-electron chi connectivity index (χ3n) is 5.04. The third kappa shape index (κ3) is 4.83. The fourth-order valence-corrected chi connectivity index (χ4v) is 3.60. The van der Waals surface area contributed by atoms with Gasteiger partial charge in [-0.3, -0.25) is 9.69 Å². The van der Waals surface area contributed by atoms with Gasteiger partial charge in [0.2, 0.25) is 17.7 Å². The lowest BCUT2D eigenvalue weighted by molar-refractivity contribution is -0.117. The first-order valence-electron chi connectivity index (χ1n) is 9.54. The topological polar surface area (TPSA) is 71.3 Å². The number of piperidine rings is 1. The van der Waals surface area contributed by atoms with Crippen LogP contribution in [0.3, 0.4) is 0 Å². The minimum atomic E-state index is -0.527. The van der Waals surface area contributed by atoms with Crippen molar-refractivity contribution in [3.8, 4) is 11.5 Å². The van der Waals surface area contributed by atoms with Gasteiger partial charge in [0.05, 0.1) is 11.6 Å². The number of nitrogens with one attached hydrogen (secondary N) is 1. The first-order chi connectivity index (χ1) is 14.5. The zero-order valence-corrected chi connectivity index (χ0v) is 16.7. The molecule has 0 spiro atoms. The minimum absolute atomic E-state index is 0.0341. The van der Waals surface area contributed by atoms with Gasteiger partial charge in [-0.15, -0.1) is 10.2 Å². The predicted molar refractivity (Wildman–Crippen MR) is 108 cm³/mol. The van der Waals surface area contributed by atoms with Gasteiger partial charge in [0.15, 0.2) is 0 Å². The predicted octanol–water partition coefficient (Wildman–Crippen LogP) is 4.49. The summed E-state index contributed by atoms with van der Waals surface area (Å²) in [6.07, 6.45) is 1.56. The van der Waals surface area contributed by atoms with E-state index in [1.165, 1.54) is 30.3 Å². The second-order valence-corrected chi connectivity index (χ2v) is 7.59. The molecule has 1 N–H and O–H groups in total. The Morgan fingerprint density at radius 3 is 2.57 bits per heavy atom. The summed E-state index contributed by atoms with van der Waals surface area (Å²) in [4.78, 5) is 14.3. The number of likely N-dealkylation sites (tertiary alicyclic amines) is 1. The van der Waals surface area contributed by atoms with E-state index in [-0.39, 0.29) is 29.2 Å². The molecule has 2 heterocycles. The molecule has 1 aliphatic rings. The maximum Gasteiger partial charge on any atom is 0.247 e. The van der Waals surface area contributed by atoms with Crippen molar-refractivity contribution < 1.29 is 18.0 Å². The molecule has 1 fully saturated rings. The van der Waals surface area contributed by atoms with Gasteiger partial charge in [-0.25, -0.2) is 8.78 Å². The first kappa shape index (κ1) is 20.4. The van der Waals surface area contributed by atoms with Crippen LogP contribution in [0.5, 0.6) is 0 Å². The Morgan fingerprint density at radius 2 is 1.87 bits per heavy atom. The van der Waals surface area contributed by atoms with Gasteiger partial charge >= 0.3 is 0 Å². The summed E-state index contributed by atoms with van der Waals surface area (Å²) in [6, 6.07) is 9.97. The van der Waals surface area contributed by atoms with E-state index in [0.29, 0.717) is 36.1 Å². The van der Waals surface area contributed by atoms with Crippen LogP contribution < -0.4 is 5.32 Å². The van der Waals surface area contributed by atoms with Gasteiger partial charge in [-0.05, 0) is 68.4 Å². The Hall–Kier alpha value is -2.84. The van der Waals surface area contributed by atoms with Crippen LogP contribution in [0.4, 0.5) is 14.5 Å². The summed E-state index contributed by atoms with van der Waals surface area (Å²) in [7, 11) is 0. The second-order valence-electron chi connectivity index (χ2n) is 7.18. The highest BCUT2D eigenvalue weighted by Gasteiger charge is 2.26. The smallest absolute Gasteiger partial charge is 0.247 e. The van der Waals surface area contributed by atoms with Crippen molar-refractivity contribution in [2.75, 3.05) is 25.0 Å². The molecule has 0 saturated carbocycles. The molecule has 6 nitrogen and oxygen atoms in total. The summed E-state index contributed by atoms with van der Waals surface area (Å²) in [5.41, 5.74) is 1.13. The van der Waals surface area contributed by atoms with Crippen LogP contribution >= 0.6 is 11.6 Å². The molecule has 3 aromatic rings. The number of carbonyl (C=O) groups is 1. The Bertz CT molecular complexity index is 1030. The van der Waals surface area contributed by atoms with E-state index in [1.807, 2.05) is 4.90 Å². The van der Waals surface area contributed by atoms with Crippen molar-refractivity contribution in [2.24, 2.45) is 0 Å². The molecular weight excluding hydrogens is 414 g/mol. The SMILES string of the molecule is O=C(CN1CCC(c2nnc(-c3ccc(F)cc3)o2)CC1)Nc1ccc(F)c(Cl)c1. The minimum Gasteiger partial charge on any atom is -0.420 e. The maximum atomic E-state index is 13.2. The number of halogens is 3. The van der Waals surface area contributed by atoms with Crippen molar-refractivity contribution in [1.29, 1.82) is 0 Å². The van der Waals surface area contributed by atoms with Crippen LogP contribution in [0.2, 0.25) is 5.02 Å². The number of benzene rings is 2. The van der Waals surface area contributed by atoms with Gasteiger partial charge in [-0.2, -0.15) is 0 Å². The van der Waals surface area contributed by atoms with Crippen molar-refractivity contribution in [2.45, 2.75) is 18.8 Å². The van der Waals surface area contributed by atoms with Crippen LogP contribution in [0.1, 0.15) is 24.7 Å². The lowest BCUT2D eigenvalue weighted by atomic mass is 9.97. The van der Waals surface area contributed by atoms with Gasteiger partial charge in [-0.1, -0.05) is 11.6 Å². The molecule has 0 bridgehead atoms. The summed E-state index contributed by atoms with van der Waals surface area (Å²) in [6.45, 7) is 1.64. The number of nitrogens with zero attached hydrogens (tertiary/aromatic N) is 3. The molecule has 0 radical (unpaired) electrons. The highest BCUT2D eigenvalue weighted by atomic mass is 35.5. The van der Waals surface area contributed by atoms with Gasteiger partial charge in [0.1, 0.15) is 11.6 Å². The van der Waals surface area contributed by atoms with E-state index < -0.39 is 5.82 Å².